The lowest BCUT2D eigenvalue weighted by Crippen LogP contribution is -2.43. The molecule has 0 aromatic carbocycles. The highest BCUT2D eigenvalue weighted by Gasteiger charge is 2.31. The van der Waals surface area contributed by atoms with Crippen molar-refractivity contribution in [3.63, 3.8) is 0 Å². The summed E-state index contributed by atoms with van der Waals surface area (Å²) in [4.78, 5) is 26.4. The van der Waals surface area contributed by atoms with Gasteiger partial charge in [-0.2, -0.15) is 9.46 Å². The van der Waals surface area contributed by atoms with E-state index in [0.29, 0.717) is 45.2 Å². The van der Waals surface area contributed by atoms with E-state index in [2.05, 4.69) is 9.46 Å². The van der Waals surface area contributed by atoms with Crippen molar-refractivity contribution in [3.8, 4) is 0 Å². The summed E-state index contributed by atoms with van der Waals surface area (Å²) >= 11 is 0. The van der Waals surface area contributed by atoms with E-state index in [-0.39, 0.29) is 29.8 Å². The molecule has 1 saturated carbocycles. The minimum absolute atomic E-state index is 0.144. The Morgan fingerprint density at radius 3 is 2.57 bits per heavy atom. The third-order valence-corrected chi connectivity index (χ3v) is 8.08. The number of rotatable bonds is 5. The smallest absolute Gasteiger partial charge is 0.282 e. The first-order chi connectivity index (χ1) is 14.2. The second kappa shape index (κ2) is 9.49. The lowest BCUT2D eigenvalue weighted by molar-refractivity contribution is -0.133. The summed E-state index contributed by atoms with van der Waals surface area (Å²) in [6.45, 7) is 0.543. The number of likely N-dealkylation sites (tertiary alicyclic amines) is 1. The zero-order chi connectivity index (χ0) is 21.9. The molecule has 1 saturated heterocycles. The van der Waals surface area contributed by atoms with Crippen molar-refractivity contribution < 1.29 is 27.0 Å². The molecule has 0 spiro atoms. The third kappa shape index (κ3) is 5.61. The van der Waals surface area contributed by atoms with Crippen molar-refractivity contribution >= 4 is 21.5 Å². The summed E-state index contributed by atoms with van der Waals surface area (Å²) in [5.41, 5.74) is -0.379. The number of amides is 2. The highest BCUT2D eigenvalue weighted by Crippen LogP contribution is 2.28. The first-order valence-corrected chi connectivity index (χ1v) is 12.1. The molecular formula is C19H27F3N4O3S. The molecule has 2 amide bonds. The average Bonchev–Trinajstić information content (AvgIpc) is 3.16. The summed E-state index contributed by atoms with van der Waals surface area (Å²) in [5, 5.41) is 3.35. The van der Waals surface area contributed by atoms with Gasteiger partial charge in [-0.15, -0.1) is 0 Å². The molecule has 1 aliphatic heterocycles. The van der Waals surface area contributed by atoms with Gasteiger partial charge in [0.15, 0.2) is 0 Å². The molecule has 1 aliphatic carbocycles. The van der Waals surface area contributed by atoms with Crippen LogP contribution in [0.4, 0.5) is 13.2 Å². The Balaban J connectivity index is 1.55. The number of hydrogen-bond acceptors (Lipinski definition) is 4. The van der Waals surface area contributed by atoms with E-state index < -0.39 is 34.2 Å². The van der Waals surface area contributed by atoms with Crippen LogP contribution < -0.4 is 0 Å². The first kappa shape index (κ1) is 22.8. The number of halogens is 3. The summed E-state index contributed by atoms with van der Waals surface area (Å²) in [7, 11) is -2.80. The van der Waals surface area contributed by atoms with Gasteiger partial charge >= 0.3 is 0 Å². The van der Waals surface area contributed by atoms with Gasteiger partial charge in [0.05, 0.1) is 9.73 Å². The molecule has 2 aliphatic rings. The number of nitrogens with zero attached hydrogens (tertiary/aromatic N) is 4. The quantitative estimate of drug-likeness (QED) is 0.693. The zero-order valence-electron chi connectivity index (χ0n) is 16.9. The van der Waals surface area contributed by atoms with E-state index in [1.165, 1.54) is 23.2 Å². The van der Waals surface area contributed by atoms with Crippen molar-refractivity contribution in [1.29, 1.82) is 0 Å². The fraction of sp³-hybridized carbons (Fsp3) is 0.737. The van der Waals surface area contributed by atoms with Crippen LogP contribution in [0.25, 0.3) is 0 Å². The van der Waals surface area contributed by atoms with Crippen molar-refractivity contribution in [1.82, 2.24) is 14.7 Å². The van der Waals surface area contributed by atoms with Crippen LogP contribution in [0, 0.1) is 5.92 Å². The number of carbonyl (C=O) groups excluding carboxylic acids is 2. The maximum atomic E-state index is 13.6. The van der Waals surface area contributed by atoms with Gasteiger partial charge in [-0.3, -0.25) is 14.3 Å². The van der Waals surface area contributed by atoms with Gasteiger partial charge < -0.3 is 4.90 Å². The Morgan fingerprint density at radius 2 is 1.97 bits per heavy atom. The van der Waals surface area contributed by atoms with Crippen LogP contribution in [0.1, 0.15) is 50.6 Å². The number of hydrogen-bond donors (Lipinski definition) is 0. The number of carbonyl (C=O) groups is 2. The van der Waals surface area contributed by atoms with E-state index in [9.17, 15) is 27.0 Å². The standard InChI is InChI=1S/C19H27F3N4O3S/c1-30(29,24-19(28)13-3-2-4-14(20)11-13)15-5-8-25(9-6-15)17(27)12-26-10-7-16(23-26)18(21)22/h7,10,13-15,18H,2-6,8-9,11-12H2,1H3. The van der Waals surface area contributed by atoms with E-state index in [0.717, 1.165) is 0 Å². The van der Waals surface area contributed by atoms with Crippen LogP contribution in [0.15, 0.2) is 16.6 Å². The number of alkyl halides is 3. The monoisotopic (exact) mass is 448 g/mol. The Morgan fingerprint density at radius 1 is 1.27 bits per heavy atom. The van der Waals surface area contributed by atoms with Crippen LogP contribution in [0.2, 0.25) is 0 Å². The fourth-order valence-electron chi connectivity index (χ4n) is 4.05. The van der Waals surface area contributed by atoms with Crippen LogP contribution in [-0.4, -0.2) is 61.5 Å². The molecule has 3 atom stereocenters. The van der Waals surface area contributed by atoms with Gasteiger partial charge in [0.1, 0.15) is 18.4 Å². The Labute approximate surface area is 174 Å². The summed E-state index contributed by atoms with van der Waals surface area (Å²) in [6, 6.07) is 1.17. The number of piperidine rings is 1. The van der Waals surface area contributed by atoms with Crippen LogP contribution in [0.5, 0.6) is 0 Å². The molecule has 3 rings (SSSR count). The van der Waals surface area contributed by atoms with Gasteiger partial charge in [-0.05, 0) is 44.6 Å². The van der Waals surface area contributed by atoms with Gasteiger partial charge in [-0.1, -0.05) is 0 Å². The Hall–Kier alpha value is -1.91. The van der Waals surface area contributed by atoms with Gasteiger partial charge in [0.25, 0.3) is 12.3 Å². The predicted molar refractivity (Wildman–Crippen MR) is 105 cm³/mol. The molecule has 30 heavy (non-hydrogen) atoms. The SMILES string of the molecule is CS(=O)(=NC(=O)C1CCCC(F)C1)C1CCN(C(=O)Cn2ccc(C(F)F)n2)CC1. The first-order valence-electron chi connectivity index (χ1n) is 10.1. The Bertz CT molecular complexity index is 889. The van der Waals surface area contributed by atoms with E-state index in [1.807, 2.05) is 0 Å². The molecule has 0 radical (unpaired) electrons. The summed E-state index contributed by atoms with van der Waals surface area (Å²) in [5.74, 6) is -1.23. The van der Waals surface area contributed by atoms with Gasteiger partial charge in [-0.25, -0.2) is 17.4 Å². The molecule has 1 aromatic rings. The molecule has 11 heteroatoms. The Kier molecular flexibility index (Phi) is 7.20. The second-order valence-corrected chi connectivity index (χ2v) is 10.6. The molecule has 0 N–H and O–H groups in total. The van der Waals surface area contributed by atoms with Crippen LogP contribution in [-0.2, 0) is 25.9 Å². The molecule has 168 valence electrons. The zero-order valence-corrected chi connectivity index (χ0v) is 17.7. The van der Waals surface area contributed by atoms with Crippen molar-refractivity contribution in [2.75, 3.05) is 19.3 Å². The van der Waals surface area contributed by atoms with E-state index >= 15 is 0 Å². The van der Waals surface area contributed by atoms with Crippen molar-refractivity contribution in [2.45, 2.75) is 62.9 Å². The topological polar surface area (TPSA) is 84.6 Å². The largest absolute Gasteiger partial charge is 0.341 e. The van der Waals surface area contributed by atoms with Gasteiger partial charge in [0.2, 0.25) is 5.91 Å². The molecule has 2 heterocycles. The number of aromatic nitrogens is 2. The van der Waals surface area contributed by atoms with Crippen molar-refractivity contribution in [3.05, 3.63) is 18.0 Å². The predicted octanol–water partition coefficient (Wildman–Crippen LogP) is 2.96. The third-order valence-electron chi connectivity index (χ3n) is 5.83. The average molecular weight is 449 g/mol. The maximum absolute atomic E-state index is 13.6. The minimum atomic E-state index is -2.80. The van der Waals surface area contributed by atoms with Crippen LogP contribution >= 0.6 is 0 Å². The highest BCUT2D eigenvalue weighted by molar-refractivity contribution is 7.93. The molecular weight excluding hydrogens is 421 g/mol. The highest BCUT2D eigenvalue weighted by atomic mass is 32.2. The van der Waals surface area contributed by atoms with Gasteiger partial charge in [0, 0.05) is 36.7 Å². The minimum Gasteiger partial charge on any atom is -0.341 e. The normalized spacial score (nSPS) is 25.2. The van der Waals surface area contributed by atoms with Crippen LogP contribution in [0.3, 0.4) is 0 Å². The lowest BCUT2D eigenvalue weighted by Gasteiger charge is -2.32. The van der Waals surface area contributed by atoms with E-state index in [1.54, 1.807) is 4.90 Å². The summed E-state index contributed by atoms with van der Waals surface area (Å²) in [6.07, 6.45) is 1.76. The molecule has 2 fully saturated rings. The fourth-order valence-corrected chi connectivity index (χ4v) is 5.79. The second-order valence-electron chi connectivity index (χ2n) is 8.07. The molecule has 7 nitrogen and oxygen atoms in total. The lowest BCUT2D eigenvalue weighted by atomic mass is 9.88. The summed E-state index contributed by atoms with van der Waals surface area (Å²) < 4.78 is 57.0. The molecule has 1 aromatic heterocycles. The molecule has 0 bridgehead atoms. The van der Waals surface area contributed by atoms with E-state index in [4.69, 9.17) is 0 Å². The molecule has 3 unspecified atom stereocenters. The maximum Gasteiger partial charge on any atom is 0.282 e. The van der Waals surface area contributed by atoms with Crippen molar-refractivity contribution in [2.24, 2.45) is 10.3 Å².